The topological polar surface area (TPSA) is 62.2 Å². The molecule has 0 bridgehead atoms. The molecule has 172 valence electrons. The molecule has 2 aromatic rings. The smallest absolute Gasteiger partial charge is 0.266 e. The maximum atomic E-state index is 13.2. The second-order valence-electron chi connectivity index (χ2n) is 9.27. The number of likely N-dealkylation sites (tertiary alicyclic amines) is 2. The molecule has 2 fully saturated rings. The third-order valence-corrected chi connectivity index (χ3v) is 7.14. The van der Waals surface area contributed by atoms with Gasteiger partial charge in [-0.1, -0.05) is 65.8 Å². The highest BCUT2D eigenvalue weighted by Gasteiger charge is 2.38. The van der Waals surface area contributed by atoms with Crippen LogP contribution in [0.25, 0.3) is 0 Å². The van der Waals surface area contributed by atoms with Gasteiger partial charge in [0.05, 0.1) is 11.6 Å². The van der Waals surface area contributed by atoms with Crippen molar-refractivity contribution in [2.75, 3.05) is 26.2 Å². The highest BCUT2D eigenvalue weighted by Crippen LogP contribution is 2.32. The summed E-state index contributed by atoms with van der Waals surface area (Å²) in [5, 5.41) is 4.39. The zero-order chi connectivity index (χ0) is 22.6. The summed E-state index contributed by atoms with van der Waals surface area (Å²) in [5.74, 6) is 0.273. The Morgan fingerprint density at radius 1 is 0.788 bits per heavy atom. The molecule has 0 aliphatic carbocycles. The first-order valence-electron chi connectivity index (χ1n) is 12.1. The quantitative estimate of drug-likeness (QED) is 0.703. The molecule has 1 atom stereocenters. The van der Waals surface area contributed by atoms with Crippen molar-refractivity contribution in [3.8, 4) is 0 Å². The van der Waals surface area contributed by atoms with Crippen LogP contribution < -0.4 is 0 Å². The molecular weight excluding hydrogens is 414 g/mol. The Morgan fingerprint density at radius 2 is 1.33 bits per heavy atom. The summed E-state index contributed by atoms with van der Waals surface area (Å²) in [6.07, 6.45) is 3.59. The maximum absolute atomic E-state index is 13.2. The number of oxime groups is 1. The standard InChI is InChI=1S/C27H31N3O3/c31-26(29-15-7-8-16-29)22-13-17-30(18-14-22)27(32)24-19-23(28-33-24)25(20-9-3-1-4-10-20)21-11-5-2-6-12-21/h1-6,9-12,22,24-25H,7-8,13-19H2/t24-/m1/s1. The van der Waals surface area contributed by atoms with Crippen molar-refractivity contribution in [1.29, 1.82) is 0 Å². The molecule has 5 rings (SSSR count). The molecule has 0 unspecified atom stereocenters. The molecule has 3 aliphatic heterocycles. The average molecular weight is 446 g/mol. The highest BCUT2D eigenvalue weighted by molar-refractivity contribution is 5.98. The van der Waals surface area contributed by atoms with Crippen LogP contribution in [0.2, 0.25) is 0 Å². The second-order valence-corrected chi connectivity index (χ2v) is 9.27. The second kappa shape index (κ2) is 9.77. The first-order chi connectivity index (χ1) is 16.2. The zero-order valence-electron chi connectivity index (χ0n) is 18.9. The summed E-state index contributed by atoms with van der Waals surface area (Å²) in [6.45, 7) is 2.99. The predicted octanol–water partition coefficient (Wildman–Crippen LogP) is 3.82. The SMILES string of the molecule is O=C(C1CCN(C(=O)[C@H]2CC(C(c3ccccc3)c3ccccc3)=NO2)CC1)N1CCCC1. The van der Waals surface area contributed by atoms with Gasteiger partial charge >= 0.3 is 0 Å². The van der Waals surface area contributed by atoms with Crippen molar-refractivity contribution in [1.82, 2.24) is 9.80 Å². The van der Waals surface area contributed by atoms with E-state index in [1.165, 1.54) is 0 Å². The molecule has 33 heavy (non-hydrogen) atoms. The summed E-state index contributed by atoms with van der Waals surface area (Å²) in [6, 6.07) is 20.5. The van der Waals surface area contributed by atoms with E-state index in [2.05, 4.69) is 29.4 Å². The number of carbonyl (C=O) groups excluding carboxylic acids is 2. The highest BCUT2D eigenvalue weighted by atomic mass is 16.6. The third-order valence-electron chi connectivity index (χ3n) is 7.14. The van der Waals surface area contributed by atoms with Gasteiger partial charge in [-0.25, -0.2) is 0 Å². The molecule has 0 spiro atoms. The van der Waals surface area contributed by atoms with Gasteiger partial charge in [0.1, 0.15) is 0 Å². The Bertz CT molecular complexity index is 954. The minimum atomic E-state index is -0.583. The van der Waals surface area contributed by atoms with E-state index in [-0.39, 0.29) is 23.7 Å². The van der Waals surface area contributed by atoms with Crippen molar-refractivity contribution in [2.45, 2.75) is 44.1 Å². The number of hydrogen-bond acceptors (Lipinski definition) is 4. The number of piperidine rings is 1. The van der Waals surface area contributed by atoms with Gasteiger partial charge in [0.15, 0.2) is 0 Å². The Kier molecular flexibility index (Phi) is 6.42. The summed E-state index contributed by atoms with van der Waals surface area (Å²) < 4.78 is 0. The van der Waals surface area contributed by atoms with E-state index in [0.717, 1.165) is 55.6 Å². The van der Waals surface area contributed by atoms with Crippen molar-refractivity contribution in [3.05, 3.63) is 71.8 Å². The van der Waals surface area contributed by atoms with E-state index >= 15 is 0 Å². The Labute approximate surface area is 195 Å². The lowest BCUT2D eigenvalue weighted by Crippen LogP contribution is -2.47. The van der Waals surface area contributed by atoms with Gasteiger partial charge in [-0.05, 0) is 36.8 Å². The van der Waals surface area contributed by atoms with Crippen molar-refractivity contribution < 1.29 is 14.4 Å². The van der Waals surface area contributed by atoms with Crippen molar-refractivity contribution in [2.24, 2.45) is 11.1 Å². The Hall–Kier alpha value is -3.15. The molecule has 3 heterocycles. The van der Waals surface area contributed by atoms with Crippen LogP contribution in [0.4, 0.5) is 0 Å². The van der Waals surface area contributed by atoms with E-state index in [9.17, 15) is 9.59 Å². The molecular formula is C27H31N3O3. The number of rotatable bonds is 5. The third kappa shape index (κ3) is 4.65. The number of carbonyl (C=O) groups is 2. The lowest BCUT2D eigenvalue weighted by Gasteiger charge is -2.34. The monoisotopic (exact) mass is 445 g/mol. The van der Waals surface area contributed by atoms with Crippen LogP contribution in [-0.2, 0) is 14.4 Å². The summed E-state index contributed by atoms with van der Waals surface area (Å²) >= 11 is 0. The van der Waals surface area contributed by atoms with Crippen LogP contribution in [0, 0.1) is 5.92 Å². The van der Waals surface area contributed by atoms with Gasteiger partial charge in [-0.15, -0.1) is 0 Å². The summed E-state index contributed by atoms with van der Waals surface area (Å²) in [7, 11) is 0. The van der Waals surface area contributed by atoms with Crippen LogP contribution in [0.15, 0.2) is 65.8 Å². The minimum Gasteiger partial charge on any atom is -0.382 e. The maximum Gasteiger partial charge on any atom is 0.266 e. The van der Waals surface area contributed by atoms with Crippen molar-refractivity contribution >= 4 is 17.5 Å². The number of amides is 2. The van der Waals surface area contributed by atoms with Crippen LogP contribution in [0.5, 0.6) is 0 Å². The van der Waals surface area contributed by atoms with Gasteiger partial charge < -0.3 is 14.6 Å². The Balaban J connectivity index is 1.22. The van der Waals surface area contributed by atoms with Crippen LogP contribution >= 0.6 is 0 Å². The van der Waals surface area contributed by atoms with Crippen LogP contribution in [-0.4, -0.2) is 59.6 Å². The normalized spacial score (nSPS) is 21.2. The molecule has 2 aromatic carbocycles. The fraction of sp³-hybridized carbons (Fsp3) is 0.444. The molecule has 2 saturated heterocycles. The minimum absolute atomic E-state index is 0.0132. The average Bonchev–Trinajstić information content (AvgIpc) is 3.58. The van der Waals surface area contributed by atoms with E-state index in [0.29, 0.717) is 19.5 Å². The zero-order valence-corrected chi connectivity index (χ0v) is 18.9. The van der Waals surface area contributed by atoms with Crippen LogP contribution in [0.3, 0.4) is 0 Å². The Morgan fingerprint density at radius 3 is 1.91 bits per heavy atom. The molecule has 0 radical (unpaired) electrons. The molecule has 3 aliphatic rings. The first-order valence-corrected chi connectivity index (χ1v) is 12.1. The number of benzene rings is 2. The van der Waals surface area contributed by atoms with E-state index in [1.807, 2.05) is 46.2 Å². The first kappa shape index (κ1) is 21.7. The van der Waals surface area contributed by atoms with Gasteiger partial charge in [0.2, 0.25) is 12.0 Å². The number of nitrogens with zero attached hydrogens (tertiary/aromatic N) is 3. The van der Waals surface area contributed by atoms with Gasteiger partial charge in [0, 0.05) is 38.5 Å². The van der Waals surface area contributed by atoms with Gasteiger partial charge in [-0.3, -0.25) is 9.59 Å². The van der Waals surface area contributed by atoms with Gasteiger partial charge in [-0.2, -0.15) is 0 Å². The molecule has 0 N–H and O–H groups in total. The lowest BCUT2D eigenvalue weighted by molar-refractivity contribution is -0.146. The fourth-order valence-corrected chi connectivity index (χ4v) is 5.31. The predicted molar refractivity (Wildman–Crippen MR) is 127 cm³/mol. The molecule has 2 amide bonds. The van der Waals surface area contributed by atoms with Gasteiger partial charge in [0.25, 0.3) is 5.91 Å². The summed E-state index contributed by atoms with van der Waals surface area (Å²) in [5.41, 5.74) is 3.16. The molecule has 6 nitrogen and oxygen atoms in total. The molecule has 0 aromatic heterocycles. The van der Waals surface area contributed by atoms with Crippen LogP contribution in [0.1, 0.15) is 49.1 Å². The number of hydrogen-bond donors (Lipinski definition) is 0. The largest absolute Gasteiger partial charge is 0.382 e. The lowest BCUT2D eigenvalue weighted by atomic mass is 9.85. The van der Waals surface area contributed by atoms with Crippen molar-refractivity contribution in [3.63, 3.8) is 0 Å². The van der Waals surface area contributed by atoms with E-state index in [1.54, 1.807) is 0 Å². The molecule has 6 heteroatoms. The molecule has 0 saturated carbocycles. The summed E-state index contributed by atoms with van der Waals surface area (Å²) in [4.78, 5) is 35.4. The fourth-order valence-electron chi connectivity index (χ4n) is 5.31. The van der Waals surface area contributed by atoms with E-state index in [4.69, 9.17) is 4.84 Å². The van der Waals surface area contributed by atoms with E-state index < -0.39 is 6.10 Å².